The van der Waals surface area contributed by atoms with Crippen molar-refractivity contribution in [2.75, 3.05) is 6.61 Å². The number of hydrogen-bond acceptors (Lipinski definition) is 5. The molecule has 0 atom stereocenters. The zero-order valence-corrected chi connectivity index (χ0v) is 16.2. The van der Waals surface area contributed by atoms with Crippen molar-refractivity contribution in [3.8, 4) is 0 Å². The minimum atomic E-state index is -0.812. The Bertz CT molecular complexity index is 1100. The Morgan fingerprint density at radius 3 is 2.43 bits per heavy atom. The molecule has 6 nitrogen and oxygen atoms in total. The van der Waals surface area contributed by atoms with E-state index >= 15 is 0 Å². The molecule has 0 bridgehead atoms. The molecule has 0 unspecified atom stereocenters. The molecule has 0 saturated heterocycles. The molecule has 0 saturated carbocycles. The van der Waals surface area contributed by atoms with Gasteiger partial charge < -0.3 is 9.30 Å². The summed E-state index contributed by atoms with van der Waals surface area (Å²) in [6, 6.07) is 10.5. The Kier molecular flexibility index (Phi) is 5.68. The molecule has 144 valence electrons. The highest BCUT2D eigenvalue weighted by molar-refractivity contribution is 6.00. The number of Topliss-reactive ketones (excluding diaryl/α,β-unsaturated/α-hetero) is 1. The van der Waals surface area contributed by atoms with Crippen LogP contribution in [0.25, 0.3) is 11.0 Å². The Labute approximate surface area is 162 Å². The van der Waals surface area contributed by atoms with Gasteiger partial charge in [-0.2, -0.15) is 0 Å². The maximum atomic E-state index is 12.7. The fourth-order valence-corrected chi connectivity index (χ4v) is 2.96. The zero-order chi connectivity index (χ0) is 20.3. The van der Waals surface area contributed by atoms with E-state index in [0.29, 0.717) is 23.1 Å². The van der Waals surface area contributed by atoms with Gasteiger partial charge in [-0.05, 0) is 38.0 Å². The molecule has 1 aromatic carbocycles. The molecule has 28 heavy (non-hydrogen) atoms. The van der Waals surface area contributed by atoms with Crippen LogP contribution < -0.4 is 5.43 Å². The predicted molar refractivity (Wildman–Crippen MR) is 107 cm³/mol. The number of aryl methyl sites for hydroxylation is 3. The van der Waals surface area contributed by atoms with Crippen molar-refractivity contribution in [3.63, 3.8) is 0 Å². The second-order valence-corrected chi connectivity index (χ2v) is 6.53. The molecular formula is C22H22N2O4. The monoisotopic (exact) mass is 378 g/mol. The van der Waals surface area contributed by atoms with Crippen LogP contribution in [0.1, 0.15) is 45.8 Å². The topological polar surface area (TPSA) is 78.3 Å². The first kappa shape index (κ1) is 19.5. The second kappa shape index (κ2) is 8.17. The van der Waals surface area contributed by atoms with Gasteiger partial charge in [0.25, 0.3) is 0 Å². The number of ether oxygens (including phenoxy) is 1. The second-order valence-electron chi connectivity index (χ2n) is 6.53. The average molecular weight is 378 g/mol. The summed E-state index contributed by atoms with van der Waals surface area (Å²) in [6.07, 6.45) is 2.32. The van der Waals surface area contributed by atoms with Gasteiger partial charge in [-0.25, -0.2) is 9.78 Å². The Morgan fingerprint density at radius 2 is 1.79 bits per heavy atom. The van der Waals surface area contributed by atoms with Crippen LogP contribution in [0.5, 0.6) is 0 Å². The molecule has 0 N–H and O–H groups in total. The van der Waals surface area contributed by atoms with Gasteiger partial charge in [0.15, 0.2) is 12.4 Å². The van der Waals surface area contributed by atoms with E-state index in [-0.39, 0.29) is 11.3 Å². The van der Waals surface area contributed by atoms with Gasteiger partial charge in [-0.15, -0.1) is 0 Å². The number of nitrogens with zero attached hydrogens (tertiary/aromatic N) is 2. The van der Waals surface area contributed by atoms with Gasteiger partial charge >= 0.3 is 5.97 Å². The quantitative estimate of drug-likeness (QED) is 0.486. The molecule has 3 rings (SSSR count). The van der Waals surface area contributed by atoms with Crippen molar-refractivity contribution in [1.82, 2.24) is 9.55 Å². The van der Waals surface area contributed by atoms with Crippen LogP contribution >= 0.6 is 0 Å². The van der Waals surface area contributed by atoms with E-state index in [9.17, 15) is 14.4 Å². The number of carbonyl (C=O) groups is 2. The van der Waals surface area contributed by atoms with Crippen LogP contribution in [-0.2, 0) is 17.7 Å². The molecule has 3 aromatic rings. The summed E-state index contributed by atoms with van der Waals surface area (Å²) in [5.74, 6) is -1.13. The fourth-order valence-electron chi connectivity index (χ4n) is 2.96. The summed E-state index contributed by atoms with van der Waals surface area (Å²) in [7, 11) is 0. The summed E-state index contributed by atoms with van der Waals surface area (Å²) in [4.78, 5) is 41.8. The molecule has 0 aliphatic heterocycles. The number of esters is 1. The van der Waals surface area contributed by atoms with Gasteiger partial charge in [-0.1, -0.05) is 31.2 Å². The number of carbonyl (C=O) groups excluding carboxylic acids is 2. The lowest BCUT2D eigenvalue weighted by Crippen LogP contribution is -2.23. The highest BCUT2D eigenvalue weighted by Crippen LogP contribution is 2.12. The van der Waals surface area contributed by atoms with E-state index in [1.54, 1.807) is 28.8 Å². The molecule has 0 amide bonds. The first-order valence-electron chi connectivity index (χ1n) is 9.24. The molecule has 0 radical (unpaired) electrons. The third-order valence-electron chi connectivity index (χ3n) is 4.64. The van der Waals surface area contributed by atoms with Gasteiger partial charge in [0.1, 0.15) is 11.2 Å². The standard InChI is InChI=1S/C22H22N2O4/c1-4-15-7-9-16(10-8-15)19(25)13-28-22(27)18-12-24(5-2)21-17(20(18)26)11-6-14(3)23-21/h6-12H,4-5,13H2,1-3H3. The maximum Gasteiger partial charge on any atom is 0.344 e. The van der Waals surface area contributed by atoms with Gasteiger partial charge in [0.05, 0.1) is 5.39 Å². The lowest BCUT2D eigenvalue weighted by molar-refractivity contribution is 0.0473. The normalized spacial score (nSPS) is 10.8. The van der Waals surface area contributed by atoms with Crippen molar-refractivity contribution >= 4 is 22.8 Å². The minimum absolute atomic E-state index is 0.103. The third kappa shape index (κ3) is 3.86. The van der Waals surface area contributed by atoms with Crippen LogP contribution in [-0.4, -0.2) is 27.9 Å². The predicted octanol–water partition coefficient (Wildman–Crippen LogP) is 3.33. The van der Waals surface area contributed by atoms with Crippen molar-refractivity contribution in [2.24, 2.45) is 0 Å². The lowest BCUT2D eigenvalue weighted by Gasteiger charge is -2.11. The zero-order valence-electron chi connectivity index (χ0n) is 16.2. The molecule has 0 aliphatic carbocycles. The molecule has 2 heterocycles. The SMILES string of the molecule is CCc1ccc(C(=O)COC(=O)c2cn(CC)c3nc(C)ccc3c2=O)cc1. The summed E-state index contributed by atoms with van der Waals surface area (Å²) in [5.41, 5.74) is 2.34. The van der Waals surface area contributed by atoms with Gasteiger partial charge in [0.2, 0.25) is 5.43 Å². The molecule has 0 aliphatic rings. The number of fused-ring (bicyclic) bond motifs is 1. The maximum absolute atomic E-state index is 12.7. The Hall–Kier alpha value is -3.28. The van der Waals surface area contributed by atoms with Crippen molar-refractivity contribution in [3.05, 3.63) is 75.2 Å². The van der Waals surface area contributed by atoms with E-state index in [1.165, 1.54) is 6.20 Å². The summed E-state index contributed by atoms with van der Waals surface area (Å²) < 4.78 is 6.86. The number of pyridine rings is 2. The smallest absolute Gasteiger partial charge is 0.344 e. The van der Waals surface area contributed by atoms with E-state index in [2.05, 4.69) is 4.98 Å². The van der Waals surface area contributed by atoms with Crippen molar-refractivity contribution < 1.29 is 14.3 Å². The summed E-state index contributed by atoms with van der Waals surface area (Å²) >= 11 is 0. The average Bonchev–Trinajstić information content (AvgIpc) is 2.72. The van der Waals surface area contributed by atoms with Crippen molar-refractivity contribution in [1.29, 1.82) is 0 Å². The number of benzene rings is 1. The first-order chi connectivity index (χ1) is 13.4. The van der Waals surface area contributed by atoms with E-state index in [1.807, 2.05) is 32.9 Å². The highest BCUT2D eigenvalue weighted by Gasteiger charge is 2.18. The van der Waals surface area contributed by atoms with E-state index in [4.69, 9.17) is 4.74 Å². The first-order valence-corrected chi connectivity index (χ1v) is 9.24. The number of hydrogen-bond donors (Lipinski definition) is 0. The van der Waals surface area contributed by atoms with Gasteiger partial charge in [0, 0.05) is 24.0 Å². The third-order valence-corrected chi connectivity index (χ3v) is 4.64. The summed E-state index contributed by atoms with van der Waals surface area (Å²) in [6.45, 7) is 5.88. The van der Waals surface area contributed by atoms with Crippen LogP contribution in [0.4, 0.5) is 0 Å². The minimum Gasteiger partial charge on any atom is -0.454 e. The molecule has 0 spiro atoms. The Balaban J connectivity index is 1.83. The van der Waals surface area contributed by atoms with Gasteiger partial charge in [-0.3, -0.25) is 9.59 Å². The van der Waals surface area contributed by atoms with Crippen LogP contribution in [0, 0.1) is 6.92 Å². The van der Waals surface area contributed by atoms with Crippen LogP contribution in [0.15, 0.2) is 47.4 Å². The largest absolute Gasteiger partial charge is 0.454 e. The molecular weight excluding hydrogens is 356 g/mol. The Morgan fingerprint density at radius 1 is 1.07 bits per heavy atom. The van der Waals surface area contributed by atoms with Crippen molar-refractivity contribution in [2.45, 2.75) is 33.7 Å². The number of rotatable bonds is 6. The highest BCUT2D eigenvalue weighted by atomic mass is 16.5. The van der Waals surface area contributed by atoms with Crippen LogP contribution in [0.3, 0.4) is 0 Å². The fraction of sp³-hybridized carbons (Fsp3) is 0.273. The molecule has 0 fully saturated rings. The van der Waals surface area contributed by atoms with Crippen LogP contribution in [0.2, 0.25) is 0 Å². The lowest BCUT2D eigenvalue weighted by atomic mass is 10.1. The number of aromatic nitrogens is 2. The molecule has 2 aromatic heterocycles. The number of ketones is 1. The molecule has 6 heteroatoms. The van der Waals surface area contributed by atoms with E-state index < -0.39 is 18.0 Å². The van der Waals surface area contributed by atoms with E-state index in [0.717, 1.165) is 17.7 Å². The summed E-state index contributed by atoms with van der Waals surface area (Å²) in [5, 5.41) is 0.350.